The summed E-state index contributed by atoms with van der Waals surface area (Å²) in [5, 5.41) is 15.9. The second-order valence-electron chi connectivity index (χ2n) is 6.40. The predicted octanol–water partition coefficient (Wildman–Crippen LogP) is 0.130. The Hall–Kier alpha value is -1.43. The fraction of sp³-hybridized carbons (Fsp3) is 0.588. The molecule has 120 valence electrons. The lowest BCUT2D eigenvalue weighted by atomic mass is 9.98. The fourth-order valence-electron chi connectivity index (χ4n) is 3.32. The lowest BCUT2D eigenvalue weighted by molar-refractivity contribution is -0.126. The maximum Gasteiger partial charge on any atom is 0.237 e. The number of fused-ring (bicyclic) bond motifs is 1. The molecule has 5 heteroatoms. The van der Waals surface area contributed by atoms with Crippen molar-refractivity contribution in [2.24, 2.45) is 5.92 Å². The standard InChI is InChI=1S/C17H25N3O2/c1-12(17(22)19-9-15-8-18-10-16(15)21)20-7-6-13-4-2-3-5-14(13)11-20/h2-5,12,15-16,18,21H,6-11H2,1H3,(H,19,22). The van der Waals surface area contributed by atoms with Crippen LogP contribution in [0.3, 0.4) is 0 Å². The summed E-state index contributed by atoms with van der Waals surface area (Å²) in [5.74, 6) is 0.178. The summed E-state index contributed by atoms with van der Waals surface area (Å²) in [6.07, 6.45) is 0.649. The van der Waals surface area contributed by atoms with Gasteiger partial charge in [-0.2, -0.15) is 0 Å². The zero-order valence-electron chi connectivity index (χ0n) is 13.1. The van der Waals surface area contributed by atoms with Crippen LogP contribution in [0.25, 0.3) is 0 Å². The molecule has 3 rings (SSSR count). The van der Waals surface area contributed by atoms with Gasteiger partial charge in [0.2, 0.25) is 5.91 Å². The number of carbonyl (C=O) groups is 1. The summed E-state index contributed by atoms with van der Waals surface area (Å²) >= 11 is 0. The maximum atomic E-state index is 12.4. The molecule has 0 aliphatic carbocycles. The lowest BCUT2D eigenvalue weighted by Crippen LogP contribution is -2.48. The van der Waals surface area contributed by atoms with Crippen molar-refractivity contribution < 1.29 is 9.90 Å². The first kappa shape index (κ1) is 15.5. The smallest absolute Gasteiger partial charge is 0.237 e. The third-order valence-electron chi connectivity index (χ3n) is 4.93. The molecule has 1 saturated heterocycles. The second-order valence-corrected chi connectivity index (χ2v) is 6.40. The lowest BCUT2D eigenvalue weighted by Gasteiger charge is -2.33. The molecule has 5 nitrogen and oxygen atoms in total. The number of carbonyl (C=O) groups excluding carboxylic acids is 1. The Bertz CT molecular complexity index is 534. The first-order valence-electron chi connectivity index (χ1n) is 8.12. The van der Waals surface area contributed by atoms with Gasteiger partial charge in [-0.25, -0.2) is 0 Å². The normalized spacial score (nSPS) is 26.5. The van der Waals surface area contributed by atoms with Crippen molar-refractivity contribution in [3.8, 4) is 0 Å². The summed E-state index contributed by atoms with van der Waals surface area (Å²) in [7, 11) is 0. The van der Waals surface area contributed by atoms with E-state index in [-0.39, 0.29) is 24.0 Å². The Morgan fingerprint density at radius 1 is 1.41 bits per heavy atom. The molecular weight excluding hydrogens is 278 g/mol. The third-order valence-corrected chi connectivity index (χ3v) is 4.93. The van der Waals surface area contributed by atoms with Crippen LogP contribution < -0.4 is 10.6 Å². The number of hydrogen-bond acceptors (Lipinski definition) is 4. The van der Waals surface area contributed by atoms with Crippen LogP contribution in [0.4, 0.5) is 0 Å². The van der Waals surface area contributed by atoms with Gasteiger partial charge in [0.05, 0.1) is 12.1 Å². The number of β-amino-alcohol motifs (C(OH)–C–C–N with tert-alkyl or cyclic N) is 1. The molecule has 2 aliphatic rings. The van der Waals surface area contributed by atoms with E-state index in [9.17, 15) is 9.90 Å². The maximum absolute atomic E-state index is 12.4. The van der Waals surface area contributed by atoms with Gasteiger partial charge in [-0.3, -0.25) is 9.69 Å². The van der Waals surface area contributed by atoms with Gasteiger partial charge in [-0.05, 0) is 24.5 Å². The summed E-state index contributed by atoms with van der Waals surface area (Å²) in [6.45, 7) is 5.65. The Morgan fingerprint density at radius 2 is 2.18 bits per heavy atom. The van der Waals surface area contributed by atoms with Crippen LogP contribution in [0.15, 0.2) is 24.3 Å². The molecule has 3 N–H and O–H groups in total. The van der Waals surface area contributed by atoms with Gasteiger partial charge in [-0.1, -0.05) is 24.3 Å². The van der Waals surface area contributed by atoms with E-state index in [1.54, 1.807) is 0 Å². The highest BCUT2D eigenvalue weighted by Gasteiger charge is 2.28. The van der Waals surface area contributed by atoms with E-state index in [4.69, 9.17) is 0 Å². The number of nitrogens with one attached hydrogen (secondary N) is 2. The van der Waals surface area contributed by atoms with E-state index in [1.165, 1.54) is 11.1 Å². The van der Waals surface area contributed by atoms with Crippen molar-refractivity contribution in [1.82, 2.24) is 15.5 Å². The van der Waals surface area contributed by atoms with E-state index in [0.717, 1.165) is 26.1 Å². The largest absolute Gasteiger partial charge is 0.391 e. The van der Waals surface area contributed by atoms with Gasteiger partial charge in [-0.15, -0.1) is 0 Å². The highest BCUT2D eigenvalue weighted by molar-refractivity contribution is 5.81. The average molecular weight is 303 g/mol. The first-order valence-corrected chi connectivity index (χ1v) is 8.12. The quantitative estimate of drug-likeness (QED) is 0.740. The van der Waals surface area contributed by atoms with E-state index < -0.39 is 0 Å². The predicted molar refractivity (Wildman–Crippen MR) is 85.4 cm³/mol. The van der Waals surface area contributed by atoms with Crippen LogP contribution in [0, 0.1) is 5.92 Å². The second kappa shape index (κ2) is 6.77. The molecule has 1 aromatic carbocycles. The Morgan fingerprint density at radius 3 is 2.91 bits per heavy atom. The summed E-state index contributed by atoms with van der Waals surface area (Å²) in [5.41, 5.74) is 2.72. The number of nitrogens with zero attached hydrogens (tertiary/aromatic N) is 1. The van der Waals surface area contributed by atoms with Crippen molar-refractivity contribution in [1.29, 1.82) is 0 Å². The summed E-state index contributed by atoms with van der Waals surface area (Å²) < 4.78 is 0. The molecule has 0 bridgehead atoms. The Balaban J connectivity index is 1.53. The molecule has 2 aliphatic heterocycles. The van der Waals surface area contributed by atoms with Crippen molar-refractivity contribution in [3.63, 3.8) is 0 Å². The first-order chi connectivity index (χ1) is 10.6. The highest BCUT2D eigenvalue weighted by atomic mass is 16.3. The number of hydrogen-bond donors (Lipinski definition) is 3. The molecule has 1 aromatic rings. The zero-order chi connectivity index (χ0) is 15.5. The van der Waals surface area contributed by atoms with Crippen LogP contribution in [0.1, 0.15) is 18.1 Å². The molecule has 1 amide bonds. The third kappa shape index (κ3) is 3.32. The molecule has 3 atom stereocenters. The van der Waals surface area contributed by atoms with Crippen molar-refractivity contribution in [2.75, 3.05) is 26.2 Å². The number of amides is 1. The molecule has 3 unspecified atom stereocenters. The summed E-state index contributed by atoms with van der Waals surface area (Å²) in [6, 6.07) is 8.31. The molecule has 22 heavy (non-hydrogen) atoms. The van der Waals surface area contributed by atoms with Crippen LogP contribution in [-0.4, -0.2) is 54.2 Å². The minimum Gasteiger partial charge on any atom is -0.391 e. The van der Waals surface area contributed by atoms with Crippen molar-refractivity contribution in [3.05, 3.63) is 35.4 Å². The molecule has 0 saturated carbocycles. The van der Waals surface area contributed by atoms with Gasteiger partial charge >= 0.3 is 0 Å². The van der Waals surface area contributed by atoms with Gasteiger partial charge in [0.25, 0.3) is 0 Å². The molecule has 2 heterocycles. The van der Waals surface area contributed by atoms with Gasteiger partial charge < -0.3 is 15.7 Å². The summed E-state index contributed by atoms with van der Waals surface area (Å²) in [4.78, 5) is 14.6. The minimum atomic E-state index is -0.350. The highest BCUT2D eigenvalue weighted by Crippen LogP contribution is 2.20. The van der Waals surface area contributed by atoms with Gasteiger partial charge in [0.1, 0.15) is 0 Å². The number of aliphatic hydroxyl groups excluding tert-OH is 1. The van der Waals surface area contributed by atoms with E-state index in [2.05, 4.69) is 39.8 Å². The minimum absolute atomic E-state index is 0.0541. The average Bonchev–Trinajstić information content (AvgIpc) is 2.96. The zero-order valence-corrected chi connectivity index (χ0v) is 13.1. The number of aliphatic hydroxyl groups is 1. The van der Waals surface area contributed by atoms with Crippen molar-refractivity contribution in [2.45, 2.75) is 32.0 Å². The van der Waals surface area contributed by atoms with E-state index in [1.807, 2.05) is 6.92 Å². The SMILES string of the molecule is CC(C(=O)NCC1CNCC1O)N1CCc2ccccc2C1. The van der Waals surface area contributed by atoms with Crippen molar-refractivity contribution >= 4 is 5.91 Å². The van der Waals surface area contributed by atoms with Gasteiger partial charge in [0, 0.05) is 38.6 Å². The monoisotopic (exact) mass is 303 g/mol. The van der Waals surface area contributed by atoms with Crippen LogP contribution in [0.2, 0.25) is 0 Å². The number of benzene rings is 1. The topological polar surface area (TPSA) is 64.6 Å². The molecular formula is C17H25N3O2. The molecule has 0 spiro atoms. The fourth-order valence-corrected chi connectivity index (χ4v) is 3.32. The molecule has 0 aromatic heterocycles. The molecule has 1 fully saturated rings. The van der Waals surface area contributed by atoms with E-state index in [0.29, 0.717) is 13.1 Å². The van der Waals surface area contributed by atoms with Crippen LogP contribution in [-0.2, 0) is 17.8 Å². The van der Waals surface area contributed by atoms with E-state index >= 15 is 0 Å². The van der Waals surface area contributed by atoms with Crippen LogP contribution in [0.5, 0.6) is 0 Å². The van der Waals surface area contributed by atoms with Crippen LogP contribution >= 0.6 is 0 Å². The molecule has 0 radical (unpaired) electrons. The Labute approximate surface area is 131 Å². The van der Waals surface area contributed by atoms with Gasteiger partial charge in [0.15, 0.2) is 0 Å². The number of rotatable bonds is 4. The Kier molecular flexibility index (Phi) is 4.76.